The van der Waals surface area contributed by atoms with Crippen LogP contribution in [0.25, 0.3) is 5.52 Å². The molecule has 4 N–H and O–H groups in total. The first kappa shape index (κ1) is 24.8. The lowest BCUT2D eigenvalue weighted by Gasteiger charge is -2.10. The van der Waals surface area contributed by atoms with Crippen molar-refractivity contribution in [2.45, 2.75) is 32.8 Å². The van der Waals surface area contributed by atoms with Crippen molar-refractivity contribution in [2.24, 2.45) is 0 Å². The molecule has 2 amide bonds. The van der Waals surface area contributed by atoms with Crippen LogP contribution < -0.4 is 21.1 Å². The van der Waals surface area contributed by atoms with Crippen LogP contribution in [0, 0.1) is 0 Å². The topological polar surface area (TPSA) is 107 Å². The molecule has 0 unspecified atom stereocenters. The number of fused-ring (bicyclic) bond motifs is 1. The number of nitrogens with two attached hydrogens (primary N) is 1. The number of carbonyl (C=O) groups is 1. The predicted molar refractivity (Wildman–Crippen MR) is 151 cm³/mol. The van der Waals surface area contributed by atoms with Crippen LogP contribution in [-0.4, -0.2) is 20.6 Å². The zero-order valence-corrected chi connectivity index (χ0v) is 21.4. The maximum atomic E-state index is 12.7. The molecule has 0 fully saturated rings. The molecule has 2 aromatic heterocycles. The zero-order valence-electron chi connectivity index (χ0n) is 21.4. The van der Waals surface area contributed by atoms with Gasteiger partial charge in [0.1, 0.15) is 24.2 Å². The number of amides is 2. The number of urea groups is 1. The molecule has 38 heavy (non-hydrogen) atoms. The first-order chi connectivity index (χ1) is 18.5. The summed E-state index contributed by atoms with van der Waals surface area (Å²) in [7, 11) is 0. The number of aromatic nitrogens is 3. The molecule has 8 nitrogen and oxygen atoms in total. The van der Waals surface area contributed by atoms with E-state index in [0.29, 0.717) is 30.2 Å². The molecule has 0 radical (unpaired) electrons. The molecule has 0 saturated carbocycles. The van der Waals surface area contributed by atoms with Gasteiger partial charge in [-0.3, -0.25) is 0 Å². The highest BCUT2D eigenvalue weighted by Gasteiger charge is 2.16. The molecule has 0 saturated heterocycles. The summed E-state index contributed by atoms with van der Waals surface area (Å²) in [6.07, 6.45) is 2.11. The SMILES string of the molecule is CC(C)c1cc(Cc2cccc(NC(=O)Nc3ccc(OCc4ccccc4)cc3)c2)c2c(N)ncnn12. The molecule has 0 aliphatic rings. The lowest BCUT2D eigenvalue weighted by molar-refractivity contribution is 0.262. The molecular formula is C30H30N6O2. The van der Waals surface area contributed by atoms with Gasteiger partial charge in [-0.2, -0.15) is 5.10 Å². The standard InChI is InChI=1S/C30H30N6O2/c1-20(2)27-17-23(28-29(31)32-19-33-36(27)28)15-22-9-6-10-25(16-22)35-30(37)34-24-11-13-26(14-12-24)38-18-21-7-4-3-5-8-21/h3-14,16-17,19-20H,15,18H2,1-2H3,(H2,31,32,33)(H2,34,35,37). The largest absolute Gasteiger partial charge is 0.489 e. The second-order valence-corrected chi connectivity index (χ2v) is 9.41. The van der Waals surface area contributed by atoms with Crippen molar-refractivity contribution in [3.8, 4) is 5.75 Å². The van der Waals surface area contributed by atoms with Gasteiger partial charge in [-0.15, -0.1) is 0 Å². The lowest BCUT2D eigenvalue weighted by Crippen LogP contribution is -2.19. The van der Waals surface area contributed by atoms with Gasteiger partial charge in [0.25, 0.3) is 0 Å². The van der Waals surface area contributed by atoms with E-state index in [1.165, 1.54) is 6.33 Å². The highest BCUT2D eigenvalue weighted by atomic mass is 16.5. The van der Waals surface area contributed by atoms with E-state index in [1.807, 2.05) is 83.4 Å². The molecule has 0 spiro atoms. The summed E-state index contributed by atoms with van der Waals surface area (Å²) in [5.74, 6) is 1.47. The minimum atomic E-state index is -0.325. The highest BCUT2D eigenvalue weighted by molar-refractivity contribution is 5.99. The van der Waals surface area contributed by atoms with Crippen molar-refractivity contribution in [3.05, 3.63) is 114 Å². The van der Waals surface area contributed by atoms with Crippen LogP contribution in [0.2, 0.25) is 0 Å². The third-order valence-corrected chi connectivity index (χ3v) is 6.22. The highest BCUT2D eigenvalue weighted by Crippen LogP contribution is 2.27. The van der Waals surface area contributed by atoms with E-state index in [9.17, 15) is 4.79 Å². The van der Waals surface area contributed by atoms with Gasteiger partial charge in [0.15, 0.2) is 5.82 Å². The molecular weight excluding hydrogens is 476 g/mol. The summed E-state index contributed by atoms with van der Waals surface area (Å²) in [6, 6.07) is 26.8. The van der Waals surface area contributed by atoms with E-state index in [2.05, 4.69) is 40.6 Å². The van der Waals surface area contributed by atoms with Crippen LogP contribution in [0.15, 0.2) is 91.3 Å². The second-order valence-electron chi connectivity index (χ2n) is 9.41. The Hall–Kier alpha value is -4.85. The van der Waals surface area contributed by atoms with Crippen LogP contribution in [0.5, 0.6) is 5.75 Å². The normalized spacial score (nSPS) is 11.0. The van der Waals surface area contributed by atoms with E-state index in [-0.39, 0.29) is 11.9 Å². The van der Waals surface area contributed by atoms with Crippen LogP contribution in [0.4, 0.5) is 22.0 Å². The van der Waals surface area contributed by atoms with Crippen molar-refractivity contribution in [1.29, 1.82) is 0 Å². The van der Waals surface area contributed by atoms with Gasteiger partial charge in [-0.05, 0) is 71.5 Å². The fraction of sp³-hybridized carbons (Fsp3) is 0.167. The summed E-state index contributed by atoms with van der Waals surface area (Å²) >= 11 is 0. The predicted octanol–water partition coefficient (Wildman–Crippen LogP) is 6.25. The van der Waals surface area contributed by atoms with Gasteiger partial charge < -0.3 is 21.1 Å². The summed E-state index contributed by atoms with van der Waals surface area (Å²) < 4.78 is 7.68. The van der Waals surface area contributed by atoms with Crippen LogP contribution in [0.3, 0.4) is 0 Å². The number of hydrogen-bond acceptors (Lipinski definition) is 5. The average molecular weight is 507 g/mol. The van der Waals surface area contributed by atoms with Crippen LogP contribution in [-0.2, 0) is 13.0 Å². The summed E-state index contributed by atoms with van der Waals surface area (Å²) in [5.41, 5.74) is 12.6. The van der Waals surface area contributed by atoms with Crippen molar-refractivity contribution in [2.75, 3.05) is 16.4 Å². The lowest BCUT2D eigenvalue weighted by atomic mass is 10.0. The molecule has 8 heteroatoms. The van der Waals surface area contributed by atoms with Gasteiger partial charge in [0, 0.05) is 17.1 Å². The molecule has 5 rings (SSSR count). The third-order valence-electron chi connectivity index (χ3n) is 6.22. The fourth-order valence-electron chi connectivity index (χ4n) is 4.37. The summed E-state index contributed by atoms with van der Waals surface area (Å²) in [6.45, 7) is 4.73. The molecule has 0 aliphatic carbocycles. The average Bonchev–Trinajstić information content (AvgIpc) is 3.29. The molecule has 5 aromatic rings. The summed E-state index contributed by atoms with van der Waals surface area (Å²) in [4.78, 5) is 16.8. The first-order valence-corrected chi connectivity index (χ1v) is 12.5. The number of ether oxygens (including phenoxy) is 1. The number of nitrogens with zero attached hydrogens (tertiary/aromatic N) is 3. The van der Waals surface area contributed by atoms with E-state index in [1.54, 1.807) is 0 Å². The molecule has 2 heterocycles. The number of nitrogens with one attached hydrogen (secondary N) is 2. The number of benzene rings is 3. The molecule has 0 atom stereocenters. The summed E-state index contributed by atoms with van der Waals surface area (Å²) in [5, 5.41) is 10.2. The Kier molecular flexibility index (Phi) is 7.21. The van der Waals surface area contributed by atoms with Gasteiger partial charge >= 0.3 is 6.03 Å². The van der Waals surface area contributed by atoms with E-state index >= 15 is 0 Å². The van der Waals surface area contributed by atoms with Crippen LogP contribution in [0.1, 0.15) is 42.1 Å². The Labute approximate surface area is 221 Å². The van der Waals surface area contributed by atoms with Crippen molar-refractivity contribution >= 4 is 28.7 Å². The first-order valence-electron chi connectivity index (χ1n) is 12.5. The Morgan fingerprint density at radius 2 is 1.66 bits per heavy atom. The maximum Gasteiger partial charge on any atom is 0.323 e. The monoisotopic (exact) mass is 506 g/mol. The van der Waals surface area contributed by atoms with E-state index in [4.69, 9.17) is 10.5 Å². The van der Waals surface area contributed by atoms with Gasteiger partial charge in [-0.25, -0.2) is 14.3 Å². The minimum Gasteiger partial charge on any atom is -0.489 e. The van der Waals surface area contributed by atoms with Crippen LogP contribution >= 0.6 is 0 Å². The number of hydrogen-bond donors (Lipinski definition) is 3. The molecule has 0 aliphatic heterocycles. The quantitative estimate of drug-likeness (QED) is 0.231. The van der Waals surface area contributed by atoms with Crippen molar-refractivity contribution < 1.29 is 9.53 Å². The maximum absolute atomic E-state index is 12.7. The molecule has 0 bridgehead atoms. The second kappa shape index (κ2) is 11.0. The number of carbonyl (C=O) groups excluding carboxylic acids is 1. The zero-order chi connectivity index (χ0) is 26.5. The minimum absolute atomic E-state index is 0.284. The molecule has 3 aromatic carbocycles. The number of anilines is 3. The third kappa shape index (κ3) is 5.75. The Balaban J connectivity index is 1.22. The molecule has 192 valence electrons. The van der Waals surface area contributed by atoms with Gasteiger partial charge in [-0.1, -0.05) is 56.3 Å². The van der Waals surface area contributed by atoms with Crippen molar-refractivity contribution in [3.63, 3.8) is 0 Å². The van der Waals surface area contributed by atoms with Crippen molar-refractivity contribution in [1.82, 2.24) is 14.6 Å². The fourth-order valence-corrected chi connectivity index (χ4v) is 4.37. The number of rotatable bonds is 8. The smallest absolute Gasteiger partial charge is 0.323 e. The number of nitrogen functional groups attached to an aromatic ring is 1. The van der Waals surface area contributed by atoms with E-state index < -0.39 is 0 Å². The Morgan fingerprint density at radius 1 is 0.921 bits per heavy atom. The van der Waals surface area contributed by atoms with Gasteiger partial charge in [0.2, 0.25) is 0 Å². The Morgan fingerprint density at radius 3 is 2.42 bits per heavy atom. The Bertz CT molecular complexity index is 1540. The van der Waals surface area contributed by atoms with Gasteiger partial charge in [0.05, 0.1) is 0 Å². The van der Waals surface area contributed by atoms with E-state index in [0.717, 1.165) is 33.7 Å².